The first-order chi connectivity index (χ1) is 11.6. The predicted octanol–water partition coefficient (Wildman–Crippen LogP) is 2.94. The summed E-state index contributed by atoms with van der Waals surface area (Å²) in [6.45, 7) is 4.21. The Kier molecular flexibility index (Phi) is 4.26. The van der Waals surface area contributed by atoms with Crippen molar-refractivity contribution in [2.24, 2.45) is 0 Å². The van der Waals surface area contributed by atoms with Gasteiger partial charge in [-0.05, 0) is 31.4 Å². The molecule has 1 atom stereocenters. The first kappa shape index (κ1) is 16.0. The summed E-state index contributed by atoms with van der Waals surface area (Å²) < 4.78 is 17.4. The lowest BCUT2D eigenvalue weighted by molar-refractivity contribution is -0.00605. The molecule has 0 bridgehead atoms. The fourth-order valence-electron chi connectivity index (χ4n) is 4.01. The molecule has 3 aliphatic heterocycles. The minimum absolute atomic E-state index is 0.130. The summed E-state index contributed by atoms with van der Waals surface area (Å²) in [5.41, 5.74) is -0.271. The Morgan fingerprint density at radius 3 is 2.75 bits per heavy atom. The van der Waals surface area contributed by atoms with Gasteiger partial charge in [0, 0.05) is 39.6 Å². The molecule has 3 aliphatic rings. The second-order valence-corrected chi connectivity index (χ2v) is 7.34. The molecule has 6 nitrogen and oxygen atoms in total. The van der Waals surface area contributed by atoms with Crippen LogP contribution < -0.4 is 0 Å². The van der Waals surface area contributed by atoms with Crippen LogP contribution >= 0.6 is 0 Å². The lowest BCUT2D eigenvalue weighted by Crippen LogP contribution is -2.46. The van der Waals surface area contributed by atoms with Gasteiger partial charge in [0.25, 0.3) is 0 Å². The summed E-state index contributed by atoms with van der Waals surface area (Å²) in [5.74, 6) is 1.96. The molecule has 1 amide bonds. The molecule has 1 aromatic rings. The van der Waals surface area contributed by atoms with E-state index < -0.39 is 0 Å². The summed E-state index contributed by atoms with van der Waals surface area (Å²) in [6, 6.07) is 4.13. The van der Waals surface area contributed by atoms with Crippen LogP contribution in [0.4, 0.5) is 4.79 Å². The molecule has 4 rings (SSSR count). The van der Waals surface area contributed by atoms with Crippen molar-refractivity contribution in [2.45, 2.75) is 50.4 Å². The van der Waals surface area contributed by atoms with Crippen LogP contribution in [0.25, 0.3) is 0 Å². The van der Waals surface area contributed by atoms with Crippen LogP contribution in [0, 0.1) is 0 Å². The average Bonchev–Trinajstić information content (AvgIpc) is 3.16. The number of ether oxygens (including phenoxy) is 2. The Balaban J connectivity index is 1.31. The van der Waals surface area contributed by atoms with Gasteiger partial charge in [-0.2, -0.15) is 0 Å². The first-order valence-corrected chi connectivity index (χ1v) is 9.00. The standard InChI is InChI=1S/C18H26N2O4/c1-19-13-18(24-17(19)21)7-9-20(10-8-18)12-14-5-6-16(23-14)15-4-2-3-11-22-15/h5-6,15H,2-4,7-13H2,1H3/t15-/m0/s1. The summed E-state index contributed by atoms with van der Waals surface area (Å²) in [4.78, 5) is 15.7. The number of furan rings is 1. The number of rotatable bonds is 3. The normalized spacial score (nSPS) is 27.6. The van der Waals surface area contributed by atoms with Gasteiger partial charge in [0.15, 0.2) is 0 Å². The largest absolute Gasteiger partial charge is 0.462 e. The zero-order valence-corrected chi connectivity index (χ0v) is 14.3. The molecule has 6 heteroatoms. The number of carbonyl (C=O) groups excluding carboxylic acids is 1. The Hall–Kier alpha value is -1.53. The highest BCUT2D eigenvalue weighted by molar-refractivity contribution is 5.70. The van der Waals surface area contributed by atoms with Crippen molar-refractivity contribution < 1.29 is 18.7 Å². The second kappa shape index (κ2) is 6.41. The third kappa shape index (κ3) is 3.17. The Bertz CT molecular complexity index is 586. The van der Waals surface area contributed by atoms with Gasteiger partial charge < -0.3 is 18.8 Å². The van der Waals surface area contributed by atoms with Crippen LogP contribution in [-0.4, -0.2) is 54.8 Å². The molecule has 3 saturated heterocycles. The Morgan fingerprint density at radius 1 is 1.25 bits per heavy atom. The number of carbonyl (C=O) groups is 1. The maximum Gasteiger partial charge on any atom is 0.410 e. The maximum atomic E-state index is 11.6. The molecule has 0 saturated carbocycles. The molecule has 0 aromatic carbocycles. The predicted molar refractivity (Wildman–Crippen MR) is 87.6 cm³/mol. The quantitative estimate of drug-likeness (QED) is 0.851. The van der Waals surface area contributed by atoms with E-state index in [0.29, 0.717) is 6.54 Å². The lowest BCUT2D eigenvalue weighted by atomic mass is 9.91. The second-order valence-electron chi connectivity index (χ2n) is 7.34. The number of hydrogen-bond acceptors (Lipinski definition) is 5. The van der Waals surface area contributed by atoms with Crippen molar-refractivity contribution in [2.75, 3.05) is 33.3 Å². The van der Waals surface area contributed by atoms with Crippen molar-refractivity contribution in [1.82, 2.24) is 9.80 Å². The van der Waals surface area contributed by atoms with E-state index >= 15 is 0 Å². The molecule has 0 unspecified atom stereocenters. The van der Waals surface area contributed by atoms with Gasteiger partial charge >= 0.3 is 6.09 Å². The van der Waals surface area contributed by atoms with Gasteiger partial charge in [-0.1, -0.05) is 0 Å². The lowest BCUT2D eigenvalue weighted by Gasteiger charge is -2.36. The first-order valence-electron chi connectivity index (χ1n) is 9.00. The number of piperidine rings is 1. The number of likely N-dealkylation sites (tertiary alicyclic amines) is 1. The number of amides is 1. The summed E-state index contributed by atoms with van der Waals surface area (Å²) in [5, 5.41) is 0. The fourth-order valence-corrected chi connectivity index (χ4v) is 4.01. The fraction of sp³-hybridized carbons (Fsp3) is 0.722. The number of nitrogens with zero attached hydrogens (tertiary/aromatic N) is 2. The van der Waals surface area contributed by atoms with E-state index in [4.69, 9.17) is 13.9 Å². The van der Waals surface area contributed by atoms with Crippen LogP contribution in [0.5, 0.6) is 0 Å². The Morgan fingerprint density at radius 2 is 2.08 bits per heavy atom. The van der Waals surface area contributed by atoms with Crippen molar-refractivity contribution in [3.8, 4) is 0 Å². The molecule has 4 heterocycles. The van der Waals surface area contributed by atoms with Gasteiger partial charge in [0.1, 0.15) is 23.2 Å². The van der Waals surface area contributed by atoms with E-state index in [2.05, 4.69) is 17.0 Å². The summed E-state index contributed by atoms with van der Waals surface area (Å²) in [6.07, 6.45) is 5.14. The third-order valence-corrected chi connectivity index (χ3v) is 5.47. The monoisotopic (exact) mass is 334 g/mol. The number of hydrogen-bond donors (Lipinski definition) is 0. The van der Waals surface area contributed by atoms with Gasteiger partial charge in [-0.3, -0.25) is 4.90 Å². The van der Waals surface area contributed by atoms with Gasteiger partial charge in [0.05, 0.1) is 13.1 Å². The van der Waals surface area contributed by atoms with Crippen LogP contribution in [0.3, 0.4) is 0 Å². The molecular weight excluding hydrogens is 308 g/mol. The summed E-state index contributed by atoms with van der Waals surface area (Å²) in [7, 11) is 1.81. The maximum absolute atomic E-state index is 11.6. The molecule has 1 aromatic heterocycles. The smallest absolute Gasteiger partial charge is 0.410 e. The van der Waals surface area contributed by atoms with Crippen LogP contribution in [0.1, 0.15) is 49.7 Å². The molecule has 0 aliphatic carbocycles. The molecule has 0 radical (unpaired) electrons. The zero-order chi connectivity index (χ0) is 16.6. The molecule has 3 fully saturated rings. The molecular formula is C18H26N2O4. The van der Waals surface area contributed by atoms with E-state index in [1.54, 1.807) is 11.9 Å². The molecule has 132 valence electrons. The van der Waals surface area contributed by atoms with E-state index in [1.165, 1.54) is 6.42 Å². The van der Waals surface area contributed by atoms with Crippen molar-refractivity contribution >= 4 is 6.09 Å². The minimum atomic E-state index is -0.271. The average molecular weight is 334 g/mol. The van der Waals surface area contributed by atoms with Crippen molar-refractivity contribution in [3.05, 3.63) is 23.7 Å². The zero-order valence-electron chi connectivity index (χ0n) is 14.3. The highest BCUT2D eigenvalue weighted by atomic mass is 16.6. The van der Waals surface area contributed by atoms with E-state index in [9.17, 15) is 4.79 Å². The highest BCUT2D eigenvalue weighted by Crippen LogP contribution is 2.34. The SMILES string of the molecule is CN1CC2(CCN(Cc3ccc([C@@H]4CCCCO4)o3)CC2)OC1=O. The van der Waals surface area contributed by atoms with Crippen molar-refractivity contribution in [3.63, 3.8) is 0 Å². The highest BCUT2D eigenvalue weighted by Gasteiger charge is 2.45. The van der Waals surface area contributed by atoms with Gasteiger partial charge in [-0.15, -0.1) is 0 Å². The third-order valence-electron chi connectivity index (χ3n) is 5.47. The Labute approximate surface area is 142 Å². The summed E-state index contributed by atoms with van der Waals surface area (Å²) >= 11 is 0. The van der Waals surface area contributed by atoms with Gasteiger partial charge in [-0.25, -0.2) is 4.79 Å². The molecule has 1 spiro atoms. The van der Waals surface area contributed by atoms with Crippen LogP contribution in [0.15, 0.2) is 16.5 Å². The van der Waals surface area contributed by atoms with Crippen LogP contribution in [-0.2, 0) is 16.0 Å². The van der Waals surface area contributed by atoms with Crippen LogP contribution in [0.2, 0.25) is 0 Å². The number of likely N-dealkylation sites (N-methyl/N-ethyl adjacent to an activating group) is 1. The molecule has 0 N–H and O–H groups in total. The van der Waals surface area contributed by atoms with E-state index in [-0.39, 0.29) is 17.8 Å². The topological polar surface area (TPSA) is 55.1 Å². The van der Waals surface area contributed by atoms with Gasteiger partial charge in [0.2, 0.25) is 0 Å². The van der Waals surface area contributed by atoms with Crippen molar-refractivity contribution in [1.29, 1.82) is 0 Å². The molecule has 24 heavy (non-hydrogen) atoms. The van der Waals surface area contributed by atoms with E-state index in [0.717, 1.165) is 63.4 Å². The minimum Gasteiger partial charge on any atom is -0.462 e. The van der Waals surface area contributed by atoms with E-state index in [1.807, 2.05) is 0 Å².